The summed E-state index contributed by atoms with van der Waals surface area (Å²) in [7, 11) is 0. The number of amides is 1. The Labute approximate surface area is 196 Å². The Morgan fingerprint density at radius 3 is 2.76 bits per heavy atom. The van der Waals surface area contributed by atoms with Crippen LogP contribution in [0.1, 0.15) is 47.5 Å². The molecule has 0 saturated carbocycles. The van der Waals surface area contributed by atoms with Gasteiger partial charge in [-0.2, -0.15) is 5.26 Å². The Hall–Kier alpha value is -3.77. The number of carbonyl (C=O) groups is 1. The predicted molar refractivity (Wildman–Crippen MR) is 126 cm³/mol. The lowest BCUT2D eigenvalue weighted by Crippen LogP contribution is -2.38. The van der Waals surface area contributed by atoms with Crippen molar-refractivity contribution in [2.75, 3.05) is 13.2 Å². The summed E-state index contributed by atoms with van der Waals surface area (Å²) >= 11 is 0. The van der Waals surface area contributed by atoms with E-state index >= 15 is 0 Å². The molecule has 2 N–H and O–H groups in total. The van der Waals surface area contributed by atoms with Crippen LogP contribution in [0.5, 0.6) is 0 Å². The zero-order chi connectivity index (χ0) is 24.2. The van der Waals surface area contributed by atoms with Crippen molar-refractivity contribution in [3.05, 3.63) is 73.2 Å². The highest BCUT2D eigenvalue weighted by atomic mass is 16.5. The molecule has 0 spiro atoms. The average molecular weight is 462 g/mol. The summed E-state index contributed by atoms with van der Waals surface area (Å²) in [6, 6.07) is 9.03. The lowest BCUT2D eigenvalue weighted by atomic mass is 9.99. The molecule has 0 radical (unpaired) electrons. The number of para-hydroxylation sites is 1. The maximum Gasteiger partial charge on any atom is 0.266 e. The lowest BCUT2D eigenvalue weighted by molar-refractivity contribution is -0.133. The van der Waals surface area contributed by atoms with Gasteiger partial charge in [-0.05, 0) is 56.4 Å². The topological polar surface area (TPSA) is 132 Å². The number of nitrogens with zero attached hydrogens (tertiary/aromatic N) is 3. The molecule has 3 aromatic rings. The highest BCUT2D eigenvalue weighted by Gasteiger charge is 2.24. The number of aromatic nitrogens is 3. The second-order valence-corrected chi connectivity index (χ2v) is 8.61. The normalized spacial score (nSPS) is 15.4. The van der Waals surface area contributed by atoms with E-state index in [-0.39, 0.29) is 36.1 Å². The molecule has 2 aromatic heterocycles. The number of hydrogen-bond donors (Lipinski definition) is 2. The maximum atomic E-state index is 13.3. The molecule has 1 aliphatic heterocycles. The number of H-pyrrole nitrogens is 2. The molecule has 0 unspecified atom stereocenters. The molecule has 0 bridgehead atoms. The van der Waals surface area contributed by atoms with Crippen molar-refractivity contribution in [1.82, 2.24) is 19.9 Å². The number of pyridine rings is 1. The van der Waals surface area contributed by atoms with E-state index in [1.54, 1.807) is 36.9 Å². The van der Waals surface area contributed by atoms with E-state index in [0.717, 1.165) is 18.4 Å². The summed E-state index contributed by atoms with van der Waals surface area (Å²) in [4.78, 5) is 49.5. The minimum atomic E-state index is -0.418. The van der Waals surface area contributed by atoms with Gasteiger partial charge in [-0.3, -0.25) is 14.4 Å². The van der Waals surface area contributed by atoms with Crippen LogP contribution in [0, 0.1) is 25.2 Å². The smallest absolute Gasteiger partial charge is 0.266 e. The zero-order valence-corrected chi connectivity index (χ0v) is 19.3. The van der Waals surface area contributed by atoms with Gasteiger partial charge in [0.1, 0.15) is 17.5 Å². The number of hydrogen-bond acceptors (Lipinski definition) is 6. The van der Waals surface area contributed by atoms with E-state index in [1.807, 2.05) is 12.1 Å². The molecule has 1 atom stereocenters. The van der Waals surface area contributed by atoms with Gasteiger partial charge in [-0.15, -0.1) is 0 Å². The molecule has 9 heteroatoms. The van der Waals surface area contributed by atoms with Gasteiger partial charge in [0.2, 0.25) is 5.91 Å². The molecule has 1 amide bonds. The Kier molecular flexibility index (Phi) is 6.89. The summed E-state index contributed by atoms with van der Waals surface area (Å²) in [6.07, 6.45) is 2.33. The lowest BCUT2D eigenvalue weighted by Gasteiger charge is -2.25. The second kappa shape index (κ2) is 10.0. The molecule has 1 aromatic carbocycles. The van der Waals surface area contributed by atoms with E-state index in [1.165, 1.54) is 0 Å². The first-order valence-electron chi connectivity index (χ1n) is 11.4. The van der Waals surface area contributed by atoms with Crippen molar-refractivity contribution in [1.29, 1.82) is 5.26 Å². The first-order chi connectivity index (χ1) is 16.4. The third-order valence-electron chi connectivity index (χ3n) is 6.31. The van der Waals surface area contributed by atoms with Crippen molar-refractivity contribution >= 4 is 16.8 Å². The first kappa shape index (κ1) is 23.4. The molecular formula is C25H27N5O4. The summed E-state index contributed by atoms with van der Waals surface area (Å²) in [5.41, 5.74) is 2.03. The van der Waals surface area contributed by atoms with Crippen LogP contribution in [-0.4, -0.2) is 45.0 Å². The number of rotatable bonds is 7. The third kappa shape index (κ3) is 4.92. The molecule has 1 saturated heterocycles. The summed E-state index contributed by atoms with van der Waals surface area (Å²) in [5, 5.41) is 9.81. The molecule has 0 aliphatic carbocycles. The fourth-order valence-corrected chi connectivity index (χ4v) is 4.49. The monoisotopic (exact) mass is 461 g/mol. The minimum Gasteiger partial charge on any atom is -0.376 e. The van der Waals surface area contributed by atoms with Gasteiger partial charge in [0.05, 0.1) is 23.6 Å². The third-order valence-corrected chi connectivity index (χ3v) is 6.31. The van der Waals surface area contributed by atoms with E-state index in [2.05, 4.69) is 15.0 Å². The van der Waals surface area contributed by atoms with Crippen molar-refractivity contribution in [3.63, 3.8) is 0 Å². The largest absolute Gasteiger partial charge is 0.376 e. The van der Waals surface area contributed by atoms with Crippen LogP contribution in [0.25, 0.3) is 10.9 Å². The predicted octanol–water partition coefficient (Wildman–Crippen LogP) is 2.24. The number of aromatic amines is 2. The first-order valence-corrected chi connectivity index (χ1v) is 11.4. The number of aryl methyl sites for hydroxylation is 1. The molecule has 9 nitrogen and oxygen atoms in total. The average Bonchev–Trinajstić information content (AvgIpc) is 3.31. The number of benzene rings is 1. The Balaban J connectivity index is 1.57. The van der Waals surface area contributed by atoms with Gasteiger partial charge in [0, 0.05) is 25.3 Å². The molecule has 4 rings (SSSR count). The van der Waals surface area contributed by atoms with Crippen LogP contribution in [0.3, 0.4) is 0 Å². The van der Waals surface area contributed by atoms with Crippen molar-refractivity contribution < 1.29 is 9.53 Å². The van der Waals surface area contributed by atoms with Gasteiger partial charge in [-0.25, -0.2) is 4.98 Å². The van der Waals surface area contributed by atoms with Crippen molar-refractivity contribution in [3.8, 4) is 6.07 Å². The van der Waals surface area contributed by atoms with Crippen LogP contribution in [0.2, 0.25) is 0 Å². The van der Waals surface area contributed by atoms with Crippen LogP contribution in [0.4, 0.5) is 0 Å². The summed E-state index contributed by atoms with van der Waals surface area (Å²) in [6.45, 7) is 4.73. The Bertz CT molecular complexity index is 1380. The number of carbonyl (C=O) groups excluding carboxylic acids is 1. The Morgan fingerprint density at radius 2 is 2.03 bits per heavy atom. The molecule has 176 valence electrons. The van der Waals surface area contributed by atoms with Gasteiger partial charge >= 0.3 is 0 Å². The Morgan fingerprint density at radius 1 is 1.24 bits per heavy atom. The summed E-state index contributed by atoms with van der Waals surface area (Å²) in [5.74, 6) is 0.299. The quantitative estimate of drug-likeness (QED) is 0.555. The van der Waals surface area contributed by atoms with Crippen LogP contribution in [0.15, 0.2) is 33.9 Å². The number of nitriles is 1. The fourth-order valence-electron chi connectivity index (χ4n) is 4.49. The number of ether oxygens (including phenoxy) is 1. The highest BCUT2D eigenvalue weighted by Crippen LogP contribution is 2.18. The van der Waals surface area contributed by atoms with Crippen molar-refractivity contribution in [2.24, 2.45) is 0 Å². The van der Waals surface area contributed by atoms with Gasteiger partial charge in [0.15, 0.2) is 0 Å². The molecule has 1 fully saturated rings. The molecule has 3 heterocycles. The van der Waals surface area contributed by atoms with E-state index in [0.29, 0.717) is 47.6 Å². The maximum absolute atomic E-state index is 13.3. The molecule has 1 aliphatic rings. The minimum absolute atomic E-state index is 0.0575. The zero-order valence-electron chi connectivity index (χ0n) is 19.3. The standard InChI is InChI=1S/C25H27N5O4/c1-15-18(16(2)27-25(33)20(15)12-26)9-10-23(31)30(13-17-6-5-11-34-17)14-22-28-21-8-4-3-7-19(21)24(32)29-22/h3-4,7-8,17H,5-6,9-11,13-14H2,1-2H3,(H,27,33)(H,28,29,32)/t17-/m1/s1. The van der Waals surface area contributed by atoms with Crippen LogP contribution >= 0.6 is 0 Å². The second-order valence-electron chi connectivity index (χ2n) is 8.61. The highest BCUT2D eigenvalue weighted by molar-refractivity contribution is 5.78. The van der Waals surface area contributed by atoms with Crippen molar-refractivity contribution in [2.45, 2.75) is 52.2 Å². The van der Waals surface area contributed by atoms with Gasteiger partial charge in [-0.1, -0.05) is 12.1 Å². The van der Waals surface area contributed by atoms with Gasteiger partial charge in [0.25, 0.3) is 11.1 Å². The van der Waals surface area contributed by atoms with E-state index in [4.69, 9.17) is 4.74 Å². The SMILES string of the molecule is Cc1[nH]c(=O)c(C#N)c(C)c1CCC(=O)N(Cc1nc2ccccc2c(=O)[nH]1)C[C@H]1CCCO1. The van der Waals surface area contributed by atoms with Gasteiger partial charge < -0.3 is 19.6 Å². The summed E-state index contributed by atoms with van der Waals surface area (Å²) < 4.78 is 5.75. The fraction of sp³-hybridized carbons (Fsp3) is 0.400. The van der Waals surface area contributed by atoms with Crippen LogP contribution < -0.4 is 11.1 Å². The molecular weight excluding hydrogens is 434 g/mol. The van der Waals surface area contributed by atoms with E-state index in [9.17, 15) is 19.6 Å². The van der Waals surface area contributed by atoms with Crippen LogP contribution in [-0.2, 0) is 22.5 Å². The number of fused-ring (bicyclic) bond motifs is 1. The molecule has 34 heavy (non-hydrogen) atoms. The number of nitrogens with one attached hydrogen (secondary N) is 2. The van der Waals surface area contributed by atoms with E-state index < -0.39 is 5.56 Å².